The van der Waals surface area contributed by atoms with Gasteiger partial charge in [0.15, 0.2) is 0 Å². The Morgan fingerprint density at radius 1 is 1.24 bits per heavy atom. The van der Waals surface area contributed by atoms with Gasteiger partial charge in [-0.1, -0.05) is 0 Å². The molecule has 2 aromatic rings. The Labute approximate surface area is 152 Å². The minimum absolute atomic E-state index is 0.455. The molecule has 4 heterocycles. The Morgan fingerprint density at radius 2 is 2.08 bits per heavy atom. The molecule has 6 nitrogen and oxygen atoms in total. The summed E-state index contributed by atoms with van der Waals surface area (Å²) in [4.78, 5) is 13.9. The topological polar surface area (TPSA) is 59.5 Å². The van der Waals surface area contributed by atoms with E-state index in [0.717, 1.165) is 63.1 Å². The van der Waals surface area contributed by atoms with E-state index < -0.39 is 0 Å². The Bertz CT molecular complexity index is 723. The van der Waals surface area contributed by atoms with E-state index in [1.807, 2.05) is 0 Å². The van der Waals surface area contributed by atoms with Gasteiger partial charge in [0, 0.05) is 43.1 Å². The van der Waals surface area contributed by atoms with Crippen LogP contribution in [0.5, 0.6) is 0 Å². The summed E-state index contributed by atoms with van der Waals surface area (Å²) in [5.41, 5.74) is 1.29. The zero-order valence-corrected chi connectivity index (χ0v) is 15.8. The first kappa shape index (κ1) is 17.1. The minimum Gasteiger partial charge on any atom is -0.381 e. The fourth-order valence-corrected chi connectivity index (χ4v) is 4.87. The van der Waals surface area contributed by atoms with Gasteiger partial charge in [0.05, 0.1) is 25.2 Å². The van der Waals surface area contributed by atoms with Gasteiger partial charge in [0.1, 0.15) is 17.0 Å². The molecule has 2 aliphatic heterocycles. The van der Waals surface area contributed by atoms with Gasteiger partial charge >= 0.3 is 0 Å². The molecule has 4 rings (SSSR count). The van der Waals surface area contributed by atoms with Crippen LogP contribution in [0.4, 0.5) is 5.82 Å². The standard InChI is InChI=1S/C18H26N4O2S/c1-12-13(2)25-18-16(12)17(20-11-21-18)19-9-15(14-3-6-24-10-14)22-4-7-23-8-5-22/h11,14-15H,3-10H2,1-2H3,(H,19,20,21)/t14-,15-/m1/s1. The zero-order valence-electron chi connectivity index (χ0n) is 15.0. The van der Waals surface area contributed by atoms with E-state index in [1.54, 1.807) is 17.7 Å². The second-order valence-corrected chi connectivity index (χ2v) is 8.11. The Kier molecular flexibility index (Phi) is 5.17. The highest BCUT2D eigenvalue weighted by molar-refractivity contribution is 7.18. The molecule has 0 saturated carbocycles. The number of anilines is 1. The number of ether oxygens (including phenoxy) is 2. The van der Waals surface area contributed by atoms with Gasteiger partial charge < -0.3 is 14.8 Å². The van der Waals surface area contributed by atoms with Crippen molar-refractivity contribution in [3.63, 3.8) is 0 Å². The van der Waals surface area contributed by atoms with Crippen LogP contribution < -0.4 is 5.32 Å². The molecule has 136 valence electrons. The predicted octanol–water partition coefficient (Wildman–Crippen LogP) is 2.46. The summed E-state index contributed by atoms with van der Waals surface area (Å²) in [6, 6.07) is 0.455. The number of fused-ring (bicyclic) bond motifs is 1. The minimum atomic E-state index is 0.455. The smallest absolute Gasteiger partial charge is 0.138 e. The summed E-state index contributed by atoms with van der Waals surface area (Å²) in [6.07, 6.45) is 2.81. The second-order valence-electron chi connectivity index (χ2n) is 6.91. The summed E-state index contributed by atoms with van der Waals surface area (Å²) < 4.78 is 11.2. The normalized spacial score (nSPS) is 23.2. The third kappa shape index (κ3) is 3.51. The predicted molar refractivity (Wildman–Crippen MR) is 100 cm³/mol. The number of aromatic nitrogens is 2. The maximum atomic E-state index is 5.66. The van der Waals surface area contributed by atoms with Crippen molar-refractivity contribution in [1.29, 1.82) is 0 Å². The zero-order chi connectivity index (χ0) is 17.2. The van der Waals surface area contributed by atoms with E-state index in [1.165, 1.54) is 15.8 Å². The van der Waals surface area contributed by atoms with Gasteiger partial charge in [-0.2, -0.15) is 0 Å². The van der Waals surface area contributed by atoms with E-state index in [9.17, 15) is 0 Å². The summed E-state index contributed by atoms with van der Waals surface area (Å²) in [7, 11) is 0. The number of hydrogen-bond acceptors (Lipinski definition) is 7. The number of nitrogens with one attached hydrogen (secondary N) is 1. The van der Waals surface area contributed by atoms with Gasteiger partial charge in [-0.15, -0.1) is 11.3 Å². The molecule has 2 atom stereocenters. The first-order valence-corrected chi connectivity index (χ1v) is 9.90. The Hall–Kier alpha value is -1.28. The van der Waals surface area contributed by atoms with Crippen molar-refractivity contribution < 1.29 is 9.47 Å². The Balaban J connectivity index is 1.54. The lowest BCUT2D eigenvalue weighted by molar-refractivity contribution is 0.00460. The maximum Gasteiger partial charge on any atom is 0.138 e. The van der Waals surface area contributed by atoms with Gasteiger partial charge in [-0.25, -0.2) is 9.97 Å². The largest absolute Gasteiger partial charge is 0.381 e. The number of thiophene rings is 1. The molecule has 7 heteroatoms. The molecule has 2 fully saturated rings. The third-order valence-electron chi connectivity index (χ3n) is 5.47. The lowest BCUT2D eigenvalue weighted by atomic mass is 9.97. The molecule has 0 radical (unpaired) electrons. The first-order valence-electron chi connectivity index (χ1n) is 9.08. The van der Waals surface area contributed by atoms with Gasteiger partial charge in [-0.3, -0.25) is 4.90 Å². The van der Waals surface area contributed by atoms with E-state index >= 15 is 0 Å². The van der Waals surface area contributed by atoms with Crippen molar-refractivity contribution >= 4 is 27.4 Å². The number of aryl methyl sites for hydroxylation is 2. The average molecular weight is 362 g/mol. The van der Waals surface area contributed by atoms with Crippen molar-refractivity contribution in [2.75, 3.05) is 51.4 Å². The van der Waals surface area contributed by atoms with Crippen molar-refractivity contribution in [2.45, 2.75) is 26.3 Å². The van der Waals surface area contributed by atoms with Gasteiger partial charge in [0.25, 0.3) is 0 Å². The molecule has 2 saturated heterocycles. The molecule has 0 amide bonds. The van der Waals surface area contributed by atoms with Crippen LogP contribution in [0.3, 0.4) is 0 Å². The summed E-state index contributed by atoms with van der Waals surface area (Å²) in [5.74, 6) is 1.54. The Morgan fingerprint density at radius 3 is 2.84 bits per heavy atom. The molecule has 0 unspecified atom stereocenters. The van der Waals surface area contributed by atoms with Crippen LogP contribution in [-0.2, 0) is 9.47 Å². The molecule has 2 aliphatic rings. The van der Waals surface area contributed by atoms with Crippen molar-refractivity contribution in [3.05, 3.63) is 16.8 Å². The average Bonchev–Trinajstić information content (AvgIpc) is 3.26. The lowest BCUT2D eigenvalue weighted by Crippen LogP contribution is -2.50. The molecule has 0 aliphatic carbocycles. The SMILES string of the molecule is Cc1sc2ncnc(NC[C@H]([C@@H]3CCOC3)N3CCOCC3)c2c1C. The van der Waals surface area contributed by atoms with Crippen LogP contribution in [0.2, 0.25) is 0 Å². The molecule has 0 bridgehead atoms. The van der Waals surface area contributed by atoms with Crippen molar-refractivity contribution in [2.24, 2.45) is 5.92 Å². The van der Waals surface area contributed by atoms with E-state index in [0.29, 0.717) is 12.0 Å². The van der Waals surface area contributed by atoms with E-state index in [-0.39, 0.29) is 0 Å². The van der Waals surface area contributed by atoms with Crippen LogP contribution in [0.1, 0.15) is 16.9 Å². The number of rotatable bonds is 5. The second kappa shape index (κ2) is 7.53. The van der Waals surface area contributed by atoms with E-state index in [4.69, 9.17) is 9.47 Å². The van der Waals surface area contributed by atoms with Crippen LogP contribution in [-0.4, -0.2) is 67.0 Å². The molecule has 0 spiro atoms. The highest BCUT2D eigenvalue weighted by Crippen LogP contribution is 2.33. The fraction of sp³-hybridized carbons (Fsp3) is 0.667. The third-order valence-corrected chi connectivity index (χ3v) is 6.58. The number of hydrogen-bond donors (Lipinski definition) is 1. The highest BCUT2D eigenvalue weighted by Gasteiger charge is 2.31. The highest BCUT2D eigenvalue weighted by atomic mass is 32.1. The van der Waals surface area contributed by atoms with Crippen LogP contribution in [0.15, 0.2) is 6.33 Å². The summed E-state index contributed by atoms with van der Waals surface area (Å²) in [6.45, 7) is 10.6. The van der Waals surface area contributed by atoms with Crippen molar-refractivity contribution in [1.82, 2.24) is 14.9 Å². The summed E-state index contributed by atoms with van der Waals surface area (Å²) >= 11 is 1.74. The van der Waals surface area contributed by atoms with Gasteiger partial charge in [-0.05, 0) is 25.8 Å². The van der Waals surface area contributed by atoms with Gasteiger partial charge in [0.2, 0.25) is 0 Å². The molecule has 0 aromatic carbocycles. The quantitative estimate of drug-likeness (QED) is 0.882. The first-order chi connectivity index (χ1) is 12.2. The fourth-order valence-electron chi connectivity index (χ4n) is 3.88. The number of morpholine rings is 1. The molecular formula is C18H26N4O2S. The molecule has 25 heavy (non-hydrogen) atoms. The van der Waals surface area contributed by atoms with Crippen LogP contribution in [0.25, 0.3) is 10.2 Å². The van der Waals surface area contributed by atoms with Crippen LogP contribution in [0, 0.1) is 19.8 Å². The maximum absolute atomic E-state index is 5.66. The molecule has 1 N–H and O–H groups in total. The molecular weight excluding hydrogens is 336 g/mol. The lowest BCUT2D eigenvalue weighted by Gasteiger charge is -2.37. The van der Waals surface area contributed by atoms with E-state index in [2.05, 4.69) is 34.0 Å². The van der Waals surface area contributed by atoms with Crippen molar-refractivity contribution in [3.8, 4) is 0 Å². The molecule has 2 aromatic heterocycles. The summed E-state index contributed by atoms with van der Waals surface area (Å²) in [5, 5.41) is 4.81. The van der Waals surface area contributed by atoms with Crippen LogP contribution >= 0.6 is 11.3 Å². The monoisotopic (exact) mass is 362 g/mol. The number of nitrogens with zero attached hydrogens (tertiary/aromatic N) is 3.